The van der Waals surface area contributed by atoms with E-state index in [1.165, 1.54) is 0 Å². The molecule has 3 heteroatoms. The van der Waals surface area contributed by atoms with E-state index in [1.807, 2.05) is 43.3 Å². The smallest absolute Gasteiger partial charge is 0.163 e. The van der Waals surface area contributed by atoms with Gasteiger partial charge in [-0.25, -0.2) is 0 Å². The van der Waals surface area contributed by atoms with Crippen molar-refractivity contribution in [3.05, 3.63) is 59.2 Å². The van der Waals surface area contributed by atoms with Crippen molar-refractivity contribution in [3.63, 3.8) is 0 Å². The van der Waals surface area contributed by atoms with E-state index in [4.69, 9.17) is 9.47 Å². The lowest BCUT2D eigenvalue weighted by Crippen LogP contribution is -2.04. The van der Waals surface area contributed by atoms with Crippen LogP contribution < -0.4 is 9.47 Å². The first-order valence-electron chi connectivity index (χ1n) is 6.48. The van der Waals surface area contributed by atoms with Gasteiger partial charge in [0.1, 0.15) is 18.1 Å². The largest absolute Gasteiger partial charge is 0.497 e. The second-order valence-corrected chi connectivity index (χ2v) is 4.65. The van der Waals surface area contributed by atoms with Crippen molar-refractivity contribution >= 4 is 5.78 Å². The van der Waals surface area contributed by atoms with Gasteiger partial charge in [0.2, 0.25) is 0 Å². The first-order valence-corrected chi connectivity index (χ1v) is 6.48. The van der Waals surface area contributed by atoms with E-state index in [9.17, 15) is 4.79 Å². The van der Waals surface area contributed by atoms with Crippen molar-refractivity contribution in [3.8, 4) is 11.5 Å². The molecule has 2 rings (SSSR count). The monoisotopic (exact) mass is 270 g/mol. The quantitative estimate of drug-likeness (QED) is 0.775. The van der Waals surface area contributed by atoms with Crippen molar-refractivity contribution in [1.29, 1.82) is 0 Å². The number of carbonyl (C=O) groups excluding carboxylic acids is 1. The summed E-state index contributed by atoms with van der Waals surface area (Å²) in [6.45, 7) is 3.85. The lowest BCUT2D eigenvalue weighted by Gasteiger charge is -2.14. The van der Waals surface area contributed by atoms with E-state index in [0.717, 1.165) is 11.1 Å². The molecule has 0 unspecified atom stereocenters. The van der Waals surface area contributed by atoms with Gasteiger partial charge in [-0.1, -0.05) is 30.3 Å². The molecular weight excluding hydrogens is 252 g/mol. The number of ketones is 1. The zero-order valence-corrected chi connectivity index (χ0v) is 12.0. The summed E-state index contributed by atoms with van der Waals surface area (Å²) in [7, 11) is 1.60. The van der Waals surface area contributed by atoms with Crippen LogP contribution in [0.2, 0.25) is 0 Å². The van der Waals surface area contributed by atoms with Crippen LogP contribution in [-0.2, 0) is 6.61 Å². The van der Waals surface area contributed by atoms with E-state index < -0.39 is 0 Å². The first-order chi connectivity index (χ1) is 9.61. The predicted octanol–water partition coefficient (Wildman–Crippen LogP) is 3.79. The van der Waals surface area contributed by atoms with E-state index in [2.05, 4.69) is 0 Å². The Labute approximate surface area is 119 Å². The van der Waals surface area contributed by atoms with Gasteiger partial charge in [-0.05, 0) is 31.0 Å². The van der Waals surface area contributed by atoms with E-state index in [-0.39, 0.29) is 5.78 Å². The highest BCUT2D eigenvalue weighted by atomic mass is 16.5. The van der Waals surface area contributed by atoms with Crippen LogP contribution in [0.4, 0.5) is 0 Å². The van der Waals surface area contributed by atoms with Crippen LogP contribution in [0.25, 0.3) is 0 Å². The molecule has 20 heavy (non-hydrogen) atoms. The average Bonchev–Trinajstić information content (AvgIpc) is 2.45. The van der Waals surface area contributed by atoms with Crippen molar-refractivity contribution in [2.45, 2.75) is 20.5 Å². The van der Waals surface area contributed by atoms with Gasteiger partial charge in [-0.15, -0.1) is 0 Å². The Bertz CT molecular complexity index is 603. The summed E-state index contributed by atoms with van der Waals surface area (Å²) in [6, 6.07) is 13.4. The van der Waals surface area contributed by atoms with E-state index in [0.29, 0.717) is 23.7 Å². The summed E-state index contributed by atoms with van der Waals surface area (Å²) >= 11 is 0. The maximum atomic E-state index is 11.8. The highest BCUT2D eigenvalue weighted by Crippen LogP contribution is 2.29. The van der Waals surface area contributed by atoms with Crippen LogP contribution in [0.5, 0.6) is 11.5 Å². The molecule has 0 N–H and O–H groups in total. The van der Waals surface area contributed by atoms with Crippen LogP contribution in [0.3, 0.4) is 0 Å². The van der Waals surface area contributed by atoms with E-state index >= 15 is 0 Å². The third-order valence-corrected chi connectivity index (χ3v) is 3.10. The molecule has 0 fully saturated rings. The standard InChI is InChI=1S/C17H18O3/c1-12-9-15(19-3)10-16(17(12)13(2)18)20-11-14-7-5-4-6-8-14/h4-10H,11H2,1-3H3. The molecule has 0 aliphatic carbocycles. The molecule has 0 aliphatic heterocycles. The summed E-state index contributed by atoms with van der Waals surface area (Å²) in [5.74, 6) is 1.25. The minimum atomic E-state index is -0.00628. The highest BCUT2D eigenvalue weighted by Gasteiger charge is 2.14. The summed E-state index contributed by atoms with van der Waals surface area (Å²) in [4.78, 5) is 11.8. The van der Waals surface area contributed by atoms with Crippen LogP contribution in [0.15, 0.2) is 42.5 Å². The van der Waals surface area contributed by atoms with Gasteiger partial charge in [0.15, 0.2) is 5.78 Å². The molecule has 0 amide bonds. The Morgan fingerprint density at radius 1 is 1.15 bits per heavy atom. The zero-order valence-electron chi connectivity index (χ0n) is 12.0. The number of methoxy groups -OCH3 is 1. The number of ether oxygens (including phenoxy) is 2. The lowest BCUT2D eigenvalue weighted by molar-refractivity contribution is 0.101. The second kappa shape index (κ2) is 6.24. The number of hydrogen-bond donors (Lipinski definition) is 0. The Morgan fingerprint density at radius 2 is 1.85 bits per heavy atom. The second-order valence-electron chi connectivity index (χ2n) is 4.65. The Kier molecular flexibility index (Phi) is 4.41. The number of carbonyl (C=O) groups is 1. The van der Waals surface area contributed by atoms with Gasteiger partial charge in [-0.3, -0.25) is 4.79 Å². The van der Waals surface area contributed by atoms with Crippen LogP contribution in [0.1, 0.15) is 28.4 Å². The molecule has 0 saturated heterocycles. The van der Waals surface area contributed by atoms with Gasteiger partial charge in [-0.2, -0.15) is 0 Å². The highest BCUT2D eigenvalue weighted by molar-refractivity contribution is 5.98. The molecule has 0 atom stereocenters. The summed E-state index contributed by atoms with van der Waals surface area (Å²) < 4.78 is 11.0. The molecule has 0 spiro atoms. The summed E-state index contributed by atoms with van der Waals surface area (Å²) in [5, 5.41) is 0. The molecular formula is C17H18O3. The van der Waals surface area contributed by atoms with Crippen LogP contribution >= 0.6 is 0 Å². The molecule has 3 nitrogen and oxygen atoms in total. The minimum Gasteiger partial charge on any atom is -0.497 e. The predicted molar refractivity (Wildman–Crippen MR) is 78.5 cm³/mol. The fraction of sp³-hybridized carbons (Fsp3) is 0.235. The van der Waals surface area contributed by atoms with Crippen molar-refractivity contribution in [2.75, 3.05) is 7.11 Å². The number of rotatable bonds is 5. The SMILES string of the molecule is COc1cc(C)c(C(C)=O)c(OCc2ccccc2)c1. The maximum Gasteiger partial charge on any atom is 0.163 e. The third-order valence-electron chi connectivity index (χ3n) is 3.10. The summed E-state index contributed by atoms with van der Waals surface area (Å²) in [6.07, 6.45) is 0. The molecule has 0 bridgehead atoms. The number of hydrogen-bond acceptors (Lipinski definition) is 3. The zero-order chi connectivity index (χ0) is 14.5. The van der Waals surface area contributed by atoms with Crippen LogP contribution in [-0.4, -0.2) is 12.9 Å². The Hall–Kier alpha value is -2.29. The molecule has 2 aromatic carbocycles. The fourth-order valence-corrected chi connectivity index (χ4v) is 2.14. The van der Waals surface area contributed by atoms with Gasteiger partial charge >= 0.3 is 0 Å². The summed E-state index contributed by atoms with van der Waals surface area (Å²) in [5.41, 5.74) is 2.53. The number of aryl methyl sites for hydroxylation is 1. The van der Waals surface area contributed by atoms with Crippen molar-refractivity contribution in [2.24, 2.45) is 0 Å². The Morgan fingerprint density at radius 3 is 2.45 bits per heavy atom. The Balaban J connectivity index is 2.29. The lowest BCUT2D eigenvalue weighted by atomic mass is 10.0. The van der Waals surface area contributed by atoms with Crippen LogP contribution in [0, 0.1) is 6.92 Å². The van der Waals surface area contributed by atoms with Gasteiger partial charge < -0.3 is 9.47 Å². The average molecular weight is 270 g/mol. The minimum absolute atomic E-state index is 0.00628. The molecule has 0 heterocycles. The maximum absolute atomic E-state index is 11.8. The number of benzene rings is 2. The molecule has 0 aromatic heterocycles. The van der Waals surface area contributed by atoms with E-state index in [1.54, 1.807) is 20.1 Å². The normalized spacial score (nSPS) is 10.2. The molecule has 0 saturated carbocycles. The third kappa shape index (κ3) is 3.18. The fourth-order valence-electron chi connectivity index (χ4n) is 2.14. The van der Waals surface area contributed by atoms with Gasteiger partial charge in [0.25, 0.3) is 0 Å². The first kappa shape index (κ1) is 14.1. The van der Waals surface area contributed by atoms with Crippen molar-refractivity contribution in [1.82, 2.24) is 0 Å². The number of Topliss-reactive ketones (excluding diaryl/α,β-unsaturated/α-hetero) is 1. The van der Waals surface area contributed by atoms with Gasteiger partial charge in [0.05, 0.1) is 12.7 Å². The topological polar surface area (TPSA) is 35.5 Å². The molecule has 2 aromatic rings. The molecule has 0 radical (unpaired) electrons. The van der Waals surface area contributed by atoms with Crippen molar-refractivity contribution < 1.29 is 14.3 Å². The molecule has 104 valence electrons. The van der Waals surface area contributed by atoms with Gasteiger partial charge in [0, 0.05) is 6.07 Å². The molecule has 0 aliphatic rings.